The maximum absolute atomic E-state index is 13.2. The first-order valence-electron chi connectivity index (χ1n) is 6.40. The number of anilines is 1. The van der Waals surface area contributed by atoms with Crippen LogP contribution in [0.25, 0.3) is 0 Å². The summed E-state index contributed by atoms with van der Waals surface area (Å²) < 4.78 is 18.0. The van der Waals surface area contributed by atoms with Crippen molar-refractivity contribution in [3.63, 3.8) is 0 Å². The summed E-state index contributed by atoms with van der Waals surface area (Å²) in [6.45, 7) is 8.99. The lowest BCUT2D eigenvalue weighted by Gasteiger charge is -2.18. The lowest BCUT2D eigenvalue weighted by Crippen LogP contribution is -2.16. The second-order valence-electron chi connectivity index (χ2n) is 5.51. The minimum Gasteiger partial charge on any atom is -0.462 e. The summed E-state index contributed by atoms with van der Waals surface area (Å²) >= 11 is 0. The number of halogens is 1. The van der Waals surface area contributed by atoms with E-state index >= 15 is 0 Å². The van der Waals surface area contributed by atoms with Gasteiger partial charge in [0.25, 0.3) is 0 Å². The Bertz CT molecular complexity index is 442. The normalized spacial score (nSPS) is 11.2. The summed E-state index contributed by atoms with van der Waals surface area (Å²) in [5.41, 5.74) is 0.313. The van der Waals surface area contributed by atoms with Crippen LogP contribution in [0.4, 0.5) is 10.2 Å². The largest absolute Gasteiger partial charge is 0.462 e. The Hall–Kier alpha value is -1.65. The molecule has 0 fully saturated rings. The fourth-order valence-corrected chi connectivity index (χ4v) is 1.50. The Balaban J connectivity index is 2.79. The molecule has 1 aromatic rings. The van der Waals surface area contributed by atoms with Crippen molar-refractivity contribution in [1.82, 2.24) is 4.98 Å². The molecule has 4 nitrogen and oxygen atoms in total. The summed E-state index contributed by atoms with van der Waals surface area (Å²) in [5, 5.41) is 3.06. The van der Waals surface area contributed by atoms with Gasteiger partial charge < -0.3 is 10.1 Å². The van der Waals surface area contributed by atoms with Crippen molar-refractivity contribution in [3.05, 3.63) is 23.6 Å². The van der Waals surface area contributed by atoms with Gasteiger partial charge in [0.2, 0.25) is 0 Å². The minimum absolute atomic E-state index is 0.135. The number of nitrogens with one attached hydrogen (secondary N) is 1. The van der Waals surface area contributed by atoms with Crippen molar-refractivity contribution in [1.29, 1.82) is 0 Å². The number of aromatic nitrogens is 1. The van der Waals surface area contributed by atoms with E-state index < -0.39 is 11.8 Å². The molecular weight excluding hydrogens is 247 g/mol. The number of rotatable bonds is 5. The lowest BCUT2D eigenvalue weighted by atomic mass is 9.92. The SMILES string of the molecule is CCOC(=O)c1cc(F)cnc1NCCC(C)(C)C. The van der Waals surface area contributed by atoms with Gasteiger partial charge in [0.05, 0.1) is 12.8 Å². The average molecular weight is 268 g/mol. The van der Waals surface area contributed by atoms with Gasteiger partial charge in [0.15, 0.2) is 0 Å². The molecule has 1 rings (SSSR count). The molecular formula is C14H21FN2O2. The molecule has 0 saturated carbocycles. The monoisotopic (exact) mass is 268 g/mol. The molecule has 0 amide bonds. The lowest BCUT2D eigenvalue weighted by molar-refractivity contribution is 0.0526. The molecule has 0 unspecified atom stereocenters. The Morgan fingerprint density at radius 3 is 2.74 bits per heavy atom. The van der Waals surface area contributed by atoms with Crippen molar-refractivity contribution in [2.24, 2.45) is 5.41 Å². The Labute approximate surface area is 113 Å². The number of nitrogens with zero attached hydrogens (tertiary/aromatic N) is 1. The van der Waals surface area contributed by atoms with E-state index in [4.69, 9.17) is 4.74 Å². The topological polar surface area (TPSA) is 51.2 Å². The van der Waals surface area contributed by atoms with E-state index in [0.717, 1.165) is 18.7 Å². The van der Waals surface area contributed by atoms with Crippen LogP contribution in [-0.2, 0) is 4.74 Å². The maximum Gasteiger partial charge on any atom is 0.341 e. The Morgan fingerprint density at radius 1 is 1.47 bits per heavy atom. The van der Waals surface area contributed by atoms with Gasteiger partial charge in [0, 0.05) is 6.54 Å². The summed E-state index contributed by atoms with van der Waals surface area (Å²) in [7, 11) is 0. The summed E-state index contributed by atoms with van der Waals surface area (Å²) in [5.74, 6) is -0.749. The van der Waals surface area contributed by atoms with Crippen molar-refractivity contribution in [2.45, 2.75) is 34.1 Å². The first-order chi connectivity index (χ1) is 8.83. The average Bonchev–Trinajstić information content (AvgIpc) is 2.29. The third-order valence-electron chi connectivity index (χ3n) is 2.52. The van der Waals surface area contributed by atoms with Crippen LogP contribution in [0.3, 0.4) is 0 Å². The van der Waals surface area contributed by atoms with E-state index in [1.807, 2.05) is 0 Å². The number of esters is 1. The second-order valence-corrected chi connectivity index (χ2v) is 5.51. The first kappa shape index (κ1) is 15.4. The highest BCUT2D eigenvalue weighted by Gasteiger charge is 2.16. The summed E-state index contributed by atoms with van der Waals surface area (Å²) in [4.78, 5) is 15.6. The zero-order valence-electron chi connectivity index (χ0n) is 11.9. The fourth-order valence-electron chi connectivity index (χ4n) is 1.50. The fraction of sp³-hybridized carbons (Fsp3) is 0.571. The summed E-state index contributed by atoms with van der Waals surface area (Å²) in [6, 6.07) is 1.14. The molecule has 1 N–H and O–H groups in total. The molecule has 1 heterocycles. The standard InChI is InChI=1S/C14H21FN2O2/c1-5-19-13(18)11-8-10(15)9-17-12(11)16-7-6-14(2,3)4/h8-9H,5-7H2,1-4H3,(H,16,17). The molecule has 0 aromatic carbocycles. The molecule has 0 spiro atoms. The molecule has 19 heavy (non-hydrogen) atoms. The highest BCUT2D eigenvalue weighted by Crippen LogP contribution is 2.20. The number of pyridine rings is 1. The van der Waals surface area contributed by atoms with Crippen LogP contribution in [0.2, 0.25) is 0 Å². The van der Waals surface area contributed by atoms with Crippen LogP contribution in [-0.4, -0.2) is 24.1 Å². The van der Waals surface area contributed by atoms with Crippen molar-refractivity contribution in [3.8, 4) is 0 Å². The Kier molecular flexibility index (Phi) is 5.27. The van der Waals surface area contributed by atoms with Gasteiger partial charge in [-0.15, -0.1) is 0 Å². The predicted molar refractivity (Wildman–Crippen MR) is 72.7 cm³/mol. The van der Waals surface area contributed by atoms with Crippen molar-refractivity contribution in [2.75, 3.05) is 18.5 Å². The number of ether oxygens (including phenoxy) is 1. The van der Waals surface area contributed by atoms with Gasteiger partial charge in [-0.25, -0.2) is 14.2 Å². The second kappa shape index (κ2) is 6.50. The zero-order chi connectivity index (χ0) is 14.5. The molecule has 0 aliphatic heterocycles. The molecule has 1 aromatic heterocycles. The van der Waals surface area contributed by atoms with Crippen LogP contribution in [0.5, 0.6) is 0 Å². The van der Waals surface area contributed by atoms with Crippen LogP contribution < -0.4 is 5.32 Å². The van der Waals surface area contributed by atoms with Gasteiger partial charge in [-0.2, -0.15) is 0 Å². The van der Waals surface area contributed by atoms with Gasteiger partial charge in [0.1, 0.15) is 17.2 Å². The highest BCUT2D eigenvalue weighted by atomic mass is 19.1. The summed E-state index contributed by atoms with van der Waals surface area (Å²) in [6.07, 6.45) is 2.00. The number of hydrogen-bond donors (Lipinski definition) is 1. The number of hydrogen-bond acceptors (Lipinski definition) is 4. The molecule has 0 aliphatic rings. The molecule has 0 atom stereocenters. The maximum atomic E-state index is 13.2. The van der Waals surface area contributed by atoms with Gasteiger partial charge in [-0.1, -0.05) is 20.8 Å². The third-order valence-corrected chi connectivity index (χ3v) is 2.52. The van der Waals surface area contributed by atoms with Crippen LogP contribution >= 0.6 is 0 Å². The zero-order valence-corrected chi connectivity index (χ0v) is 11.9. The molecule has 0 aliphatic carbocycles. The van der Waals surface area contributed by atoms with E-state index in [9.17, 15) is 9.18 Å². The first-order valence-corrected chi connectivity index (χ1v) is 6.40. The van der Waals surface area contributed by atoms with E-state index in [-0.39, 0.29) is 17.6 Å². The van der Waals surface area contributed by atoms with Crippen LogP contribution in [0.1, 0.15) is 44.5 Å². The molecule has 5 heteroatoms. The Morgan fingerprint density at radius 2 is 2.16 bits per heavy atom. The van der Waals surface area contributed by atoms with E-state index in [1.54, 1.807) is 6.92 Å². The van der Waals surface area contributed by atoms with Gasteiger partial charge >= 0.3 is 5.97 Å². The van der Waals surface area contributed by atoms with Gasteiger partial charge in [-0.05, 0) is 24.8 Å². The van der Waals surface area contributed by atoms with E-state index in [0.29, 0.717) is 12.4 Å². The van der Waals surface area contributed by atoms with Crippen molar-refractivity contribution < 1.29 is 13.9 Å². The van der Waals surface area contributed by atoms with E-state index in [1.165, 1.54) is 0 Å². The van der Waals surface area contributed by atoms with Crippen LogP contribution in [0.15, 0.2) is 12.3 Å². The van der Waals surface area contributed by atoms with Crippen molar-refractivity contribution >= 4 is 11.8 Å². The highest BCUT2D eigenvalue weighted by molar-refractivity contribution is 5.94. The number of carbonyl (C=O) groups excluding carboxylic acids is 1. The third kappa shape index (κ3) is 5.24. The smallest absolute Gasteiger partial charge is 0.341 e. The quantitative estimate of drug-likeness (QED) is 0.833. The minimum atomic E-state index is -0.562. The van der Waals surface area contributed by atoms with E-state index in [2.05, 4.69) is 31.1 Å². The van der Waals surface area contributed by atoms with Crippen LogP contribution in [0, 0.1) is 11.2 Å². The molecule has 0 saturated heterocycles. The number of carbonyl (C=O) groups is 1. The molecule has 106 valence electrons. The molecule has 0 radical (unpaired) electrons. The van der Waals surface area contributed by atoms with Gasteiger partial charge in [-0.3, -0.25) is 0 Å². The predicted octanol–water partition coefficient (Wildman–Crippen LogP) is 3.25. The molecule has 0 bridgehead atoms.